The van der Waals surface area contributed by atoms with Gasteiger partial charge < -0.3 is 19.4 Å². The lowest BCUT2D eigenvalue weighted by atomic mass is 10.0. The van der Waals surface area contributed by atoms with Crippen molar-refractivity contribution in [3.05, 3.63) is 66.0 Å². The van der Waals surface area contributed by atoms with Gasteiger partial charge in [-0.15, -0.1) is 0 Å². The summed E-state index contributed by atoms with van der Waals surface area (Å²) in [5, 5.41) is 16.5. The molecule has 3 rings (SSSR count). The second-order valence-corrected chi connectivity index (χ2v) is 5.49. The zero-order chi connectivity index (χ0) is 17.2. The van der Waals surface area contributed by atoms with E-state index in [4.69, 9.17) is 8.94 Å². The summed E-state index contributed by atoms with van der Waals surface area (Å²) in [4.78, 5) is 12.1. The summed E-state index contributed by atoms with van der Waals surface area (Å²) < 4.78 is 23.9. The lowest BCUT2D eigenvalue weighted by Crippen LogP contribution is -2.38. The summed E-state index contributed by atoms with van der Waals surface area (Å²) >= 11 is 0. The van der Waals surface area contributed by atoms with Crippen molar-refractivity contribution in [3.63, 3.8) is 0 Å². The van der Waals surface area contributed by atoms with Crippen LogP contribution in [0.15, 0.2) is 57.7 Å². The van der Waals surface area contributed by atoms with Gasteiger partial charge in [-0.3, -0.25) is 4.79 Å². The van der Waals surface area contributed by atoms with E-state index in [-0.39, 0.29) is 23.6 Å². The minimum absolute atomic E-state index is 0.0107. The van der Waals surface area contributed by atoms with Crippen LogP contribution >= 0.6 is 0 Å². The molecule has 0 saturated carbocycles. The van der Waals surface area contributed by atoms with Crippen molar-refractivity contribution in [3.8, 4) is 11.3 Å². The van der Waals surface area contributed by atoms with Crippen LogP contribution in [0.1, 0.15) is 23.2 Å². The molecule has 0 saturated heterocycles. The van der Waals surface area contributed by atoms with Crippen LogP contribution in [0.4, 0.5) is 4.39 Å². The van der Waals surface area contributed by atoms with Gasteiger partial charge in [0.1, 0.15) is 17.2 Å². The number of carbonyl (C=O) groups is 1. The molecule has 124 valence electrons. The summed E-state index contributed by atoms with van der Waals surface area (Å²) in [6.07, 6.45) is 1.43. The molecule has 1 amide bonds. The summed E-state index contributed by atoms with van der Waals surface area (Å²) in [5.41, 5.74) is -1.16. The first-order valence-electron chi connectivity index (χ1n) is 7.23. The Morgan fingerprint density at radius 2 is 2.12 bits per heavy atom. The number of furan rings is 1. The third-order valence-electron chi connectivity index (χ3n) is 3.53. The van der Waals surface area contributed by atoms with E-state index in [1.807, 2.05) is 0 Å². The van der Waals surface area contributed by atoms with Crippen molar-refractivity contribution >= 4 is 5.91 Å². The molecular weight excluding hydrogens is 315 g/mol. The highest BCUT2D eigenvalue weighted by molar-refractivity contribution is 5.93. The Morgan fingerprint density at radius 3 is 2.83 bits per heavy atom. The van der Waals surface area contributed by atoms with Gasteiger partial charge in [-0.2, -0.15) is 0 Å². The van der Waals surface area contributed by atoms with E-state index in [2.05, 4.69) is 10.5 Å². The van der Waals surface area contributed by atoms with Gasteiger partial charge >= 0.3 is 0 Å². The fourth-order valence-corrected chi connectivity index (χ4v) is 2.19. The van der Waals surface area contributed by atoms with E-state index >= 15 is 0 Å². The van der Waals surface area contributed by atoms with Gasteiger partial charge in [0.15, 0.2) is 11.5 Å². The number of nitrogens with zero attached hydrogens (tertiary/aromatic N) is 1. The summed E-state index contributed by atoms with van der Waals surface area (Å²) in [5.74, 6) is -0.541. The molecule has 2 heterocycles. The van der Waals surface area contributed by atoms with Crippen molar-refractivity contribution < 1.29 is 23.2 Å². The number of aromatic nitrogens is 1. The molecule has 1 atom stereocenters. The van der Waals surface area contributed by atoms with Crippen LogP contribution in [0.2, 0.25) is 0 Å². The highest BCUT2D eigenvalue weighted by atomic mass is 19.1. The van der Waals surface area contributed by atoms with E-state index in [0.717, 1.165) is 0 Å². The standard InChI is InChI=1S/C17H15FN2O4/c1-17(22,15-7-4-8-23-15)10-19-16(21)13-9-14(24-20-13)11-5-2-3-6-12(11)18/h2-9,22H,10H2,1H3,(H,19,21). The van der Waals surface area contributed by atoms with Gasteiger partial charge in [-0.05, 0) is 31.2 Å². The third kappa shape index (κ3) is 3.21. The molecule has 0 aliphatic rings. The Balaban J connectivity index is 1.70. The maximum atomic E-state index is 13.7. The number of aliphatic hydroxyl groups is 1. The van der Waals surface area contributed by atoms with Gasteiger partial charge in [0.25, 0.3) is 5.91 Å². The number of nitrogens with one attached hydrogen (secondary N) is 1. The van der Waals surface area contributed by atoms with E-state index in [9.17, 15) is 14.3 Å². The van der Waals surface area contributed by atoms with Crippen LogP contribution in [0.5, 0.6) is 0 Å². The van der Waals surface area contributed by atoms with Crippen LogP contribution in [0.25, 0.3) is 11.3 Å². The van der Waals surface area contributed by atoms with E-state index in [1.54, 1.807) is 24.3 Å². The molecule has 24 heavy (non-hydrogen) atoms. The molecule has 2 N–H and O–H groups in total. The van der Waals surface area contributed by atoms with Gasteiger partial charge in [0.2, 0.25) is 0 Å². The van der Waals surface area contributed by atoms with Crippen molar-refractivity contribution in [2.45, 2.75) is 12.5 Å². The predicted molar refractivity (Wildman–Crippen MR) is 82.5 cm³/mol. The number of hydrogen-bond donors (Lipinski definition) is 2. The van der Waals surface area contributed by atoms with Crippen molar-refractivity contribution in [1.29, 1.82) is 0 Å². The molecule has 6 nitrogen and oxygen atoms in total. The molecule has 2 aromatic heterocycles. The summed E-state index contributed by atoms with van der Waals surface area (Å²) in [7, 11) is 0. The van der Waals surface area contributed by atoms with E-state index < -0.39 is 17.3 Å². The quantitative estimate of drug-likeness (QED) is 0.751. The molecule has 0 spiro atoms. The van der Waals surface area contributed by atoms with Crippen molar-refractivity contribution in [1.82, 2.24) is 10.5 Å². The SMILES string of the molecule is CC(O)(CNC(=O)c1cc(-c2ccccc2F)on1)c1ccco1. The number of amides is 1. The topological polar surface area (TPSA) is 88.5 Å². The largest absolute Gasteiger partial charge is 0.466 e. The van der Waals surface area contributed by atoms with Gasteiger partial charge in [-0.25, -0.2) is 4.39 Å². The lowest BCUT2D eigenvalue weighted by molar-refractivity contribution is 0.0329. The molecule has 0 bridgehead atoms. The van der Waals surface area contributed by atoms with Crippen LogP contribution in [0.3, 0.4) is 0 Å². The Hall–Kier alpha value is -2.93. The molecule has 0 radical (unpaired) electrons. The molecular formula is C17H15FN2O4. The zero-order valence-electron chi connectivity index (χ0n) is 12.8. The minimum Gasteiger partial charge on any atom is -0.466 e. The first-order chi connectivity index (χ1) is 11.5. The smallest absolute Gasteiger partial charge is 0.273 e. The first-order valence-corrected chi connectivity index (χ1v) is 7.23. The Kier molecular flexibility index (Phi) is 4.18. The van der Waals surface area contributed by atoms with Crippen molar-refractivity contribution in [2.75, 3.05) is 6.54 Å². The molecule has 7 heteroatoms. The lowest BCUT2D eigenvalue weighted by Gasteiger charge is -2.20. The fraction of sp³-hybridized carbons (Fsp3) is 0.176. The molecule has 0 aliphatic heterocycles. The molecule has 0 aliphatic carbocycles. The molecule has 3 aromatic rings. The fourth-order valence-electron chi connectivity index (χ4n) is 2.19. The number of hydrogen-bond acceptors (Lipinski definition) is 5. The maximum absolute atomic E-state index is 13.7. The van der Waals surface area contributed by atoms with Gasteiger partial charge in [0.05, 0.1) is 18.4 Å². The normalized spacial score (nSPS) is 13.5. The van der Waals surface area contributed by atoms with Crippen LogP contribution < -0.4 is 5.32 Å². The van der Waals surface area contributed by atoms with E-state index in [1.165, 1.54) is 31.4 Å². The average molecular weight is 330 g/mol. The maximum Gasteiger partial charge on any atom is 0.273 e. The van der Waals surface area contributed by atoms with Crippen molar-refractivity contribution in [2.24, 2.45) is 0 Å². The van der Waals surface area contributed by atoms with Gasteiger partial charge in [-0.1, -0.05) is 17.3 Å². The number of halogens is 1. The molecule has 0 fully saturated rings. The number of benzene rings is 1. The van der Waals surface area contributed by atoms with Gasteiger partial charge in [0, 0.05) is 6.07 Å². The van der Waals surface area contributed by atoms with E-state index in [0.29, 0.717) is 5.76 Å². The highest BCUT2D eigenvalue weighted by Gasteiger charge is 2.27. The second kappa shape index (κ2) is 6.29. The monoisotopic (exact) mass is 330 g/mol. The number of carbonyl (C=O) groups excluding carboxylic acids is 1. The highest BCUT2D eigenvalue weighted by Crippen LogP contribution is 2.23. The van der Waals surface area contributed by atoms with Crippen LogP contribution in [-0.4, -0.2) is 22.7 Å². The summed E-state index contributed by atoms with van der Waals surface area (Å²) in [6.45, 7) is 1.43. The Bertz CT molecular complexity index is 840. The third-order valence-corrected chi connectivity index (χ3v) is 3.53. The molecule has 1 aromatic carbocycles. The molecule has 1 unspecified atom stereocenters. The zero-order valence-corrected chi connectivity index (χ0v) is 12.8. The predicted octanol–water partition coefficient (Wildman–Crippen LogP) is 2.71. The van der Waals surface area contributed by atoms with Crippen LogP contribution in [0, 0.1) is 5.82 Å². The first kappa shape index (κ1) is 15.9. The summed E-state index contributed by atoms with van der Waals surface area (Å²) in [6, 6.07) is 10.6. The minimum atomic E-state index is -1.36. The Morgan fingerprint density at radius 1 is 1.33 bits per heavy atom. The second-order valence-electron chi connectivity index (χ2n) is 5.49. The number of rotatable bonds is 5. The van der Waals surface area contributed by atoms with Crippen LogP contribution in [-0.2, 0) is 5.60 Å². The average Bonchev–Trinajstić information content (AvgIpc) is 3.25. The Labute approximate surface area is 136 Å².